The zero-order valence-electron chi connectivity index (χ0n) is 13.3. The molecule has 4 heteroatoms. The van der Waals surface area contributed by atoms with Gasteiger partial charge in [-0.15, -0.1) is 0 Å². The topological polar surface area (TPSA) is 46.3 Å². The molecule has 24 heavy (non-hydrogen) atoms. The molecule has 0 bridgehead atoms. The SMILES string of the molecule is C1=CC=CN=CN=CC=CN=CCOc2ccccc2C=CC=C1. The average Bonchev–Trinajstić information content (AvgIpc) is 2.61. The van der Waals surface area contributed by atoms with E-state index in [-0.39, 0.29) is 0 Å². The van der Waals surface area contributed by atoms with Gasteiger partial charge in [0.15, 0.2) is 0 Å². The second kappa shape index (κ2) is 11.3. The van der Waals surface area contributed by atoms with Crippen molar-refractivity contribution in [2.45, 2.75) is 0 Å². The number of allylic oxidation sites excluding steroid dienone is 7. The fourth-order valence-electron chi connectivity index (χ4n) is 1.75. The standard InChI is InChI=1S/C20H19N3O/c1-2-4-8-13-22-18-23-15-9-14-21-16-17-24-20-12-7-6-11-19(20)10-5-3-1/h1-16,18H,17H2. The van der Waals surface area contributed by atoms with Crippen molar-refractivity contribution in [2.75, 3.05) is 6.61 Å². The van der Waals surface area contributed by atoms with E-state index in [0.29, 0.717) is 6.61 Å². The summed E-state index contributed by atoms with van der Waals surface area (Å²) in [4.78, 5) is 12.1. The first kappa shape index (κ1) is 17.1. The van der Waals surface area contributed by atoms with Gasteiger partial charge in [-0.2, -0.15) is 0 Å². The van der Waals surface area contributed by atoms with Crippen molar-refractivity contribution in [3.05, 3.63) is 84.8 Å². The van der Waals surface area contributed by atoms with E-state index in [1.165, 1.54) is 6.34 Å². The Morgan fingerprint density at radius 1 is 0.750 bits per heavy atom. The molecule has 0 spiro atoms. The maximum absolute atomic E-state index is 5.73. The van der Waals surface area contributed by atoms with Crippen LogP contribution in [0.15, 0.2) is 94.2 Å². The first-order valence-electron chi connectivity index (χ1n) is 7.57. The van der Waals surface area contributed by atoms with Gasteiger partial charge in [0.2, 0.25) is 0 Å². The summed E-state index contributed by atoms with van der Waals surface area (Å²) in [6, 6.07) is 7.88. The molecule has 1 aromatic rings. The highest BCUT2D eigenvalue weighted by Gasteiger charge is 1.97. The fourth-order valence-corrected chi connectivity index (χ4v) is 1.75. The lowest BCUT2D eigenvalue weighted by atomic mass is 10.2. The van der Waals surface area contributed by atoms with E-state index in [4.69, 9.17) is 4.74 Å². The van der Waals surface area contributed by atoms with E-state index in [2.05, 4.69) is 15.0 Å². The highest BCUT2D eigenvalue weighted by molar-refractivity contribution is 5.80. The van der Waals surface area contributed by atoms with E-state index in [0.717, 1.165) is 11.3 Å². The van der Waals surface area contributed by atoms with Crippen LogP contribution in [0.25, 0.3) is 6.08 Å². The normalized spacial score (nSPS) is 15.2. The van der Waals surface area contributed by atoms with Crippen molar-refractivity contribution in [1.29, 1.82) is 0 Å². The third kappa shape index (κ3) is 7.13. The Bertz CT molecular complexity index is 735. The van der Waals surface area contributed by atoms with E-state index in [1.54, 1.807) is 30.9 Å². The lowest BCUT2D eigenvalue weighted by molar-refractivity contribution is 0.379. The van der Waals surface area contributed by atoms with Gasteiger partial charge in [0.25, 0.3) is 0 Å². The smallest absolute Gasteiger partial charge is 0.127 e. The molecular formula is C20H19N3O. The summed E-state index contributed by atoms with van der Waals surface area (Å²) in [5, 5.41) is 0. The van der Waals surface area contributed by atoms with Crippen LogP contribution in [0.1, 0.15) is 5.56 Å². The maximum atomic E-state index is 5.73. The van der Waals surface area contributed by atoms with Crippen molar-refractivity contribution in [3.8, 4) is 5.75 Å². The number of fused-ring (bicyclic) bond motifs is 1. The molecule has 120 valence electrons. The Labute approximate surface area is 142 Å². The van der Waals surface area contributed by atoms with Crippen molar-refractivity contribution in [1.82, 2.24) is 0 Å². The van der Waals surface area contributed by atoms with E-state index in [1.807, 2.05) is 66.8 Å². The molecule has 0 unspecified atom stereocenters. The van der Waals surface area contributed by atoms with Crippen LogP contribution in [0.4, 0.5) is 0 Å². The summed E-state index contributed by atoms with van der Waals surface area (Å²) in [7, 11) is 0. The molecule has 0 saturated carbocycles. The Kier molecular flexibility index (Phi) is 8.06. The zero-order valence-corrected chi connectivity index (χ0v) is 13.3. The minimum atomic E-state index is 0.400. The molecule has 1 aromatic carbocycles. The Morgan fingerprint density at radius 3 is 2.50 bits per heavy atom. The summed E-state index contributed by atoms with van der Waals surface area (Å²) in [5.74, 6) is 0.822. The third-order valence-corrected chi connectivity index (χ3v) is 2.82. The molecule has 0 saturated heterocycles. The average molecular weight is 317 g/mol. The van der Waals surface area contributed by atoms with Crippen molar-refractivity contribution in [3.63, 3.8) is 0 Å². The van der Waals surface area contributed by atoms with Gasteiger partial charge in [0.1, 0.15) is 18.7 Å². The molecule has 4 nitrogen and oxygen atoms in total. The van der Waals surface area contributed by atoms with Crippen molar-refractivity contribution >= 4 is 24.8 Å². The van der Waals surface area contributed by atoms with Gasteiger partial charge in [0.05, 0.1) is 0 Å². The lowest BCUT2D eigenvalue weighted by Gasteiger charge is -2.06. The van der Waals surface area contributed by atoms with Gasteiger partial charge < -0.3 is 4.74 Å². The minimum Gasteiger partial charge on any atom is -0.487 e. The first-order valence-corrected chi connectivity index (χ1v) is 7.57. The summed E-state index contributed by atoms with van der Waals surface area (Å²) in [5.41, 5.74) is 1.02. The molecule has 0 fully saturated rings. The van der Waals surface area contributed by atoms with Crippen molar-refractivity contribution in [2.24, 2.45) is 15.0 Å². The largest absolute Gasteiger partial charge is 0.487 e. The number of aliphatic imine (C=N–C) groups is 3. The molecule has 0 amide bonds. The number of nitrogens with zero attached hydrogens (tertiary/aromatic N) is 3. The number of para-hydroxylation sites is 1. The third-order valence-electron chi connectivity index (χ3n) is 2.82. The number of hydrogen-bond donors (Lipinski definition) is 0. The highest BCUT2D eigenvalue weighted by Crippen LogP contribution is 2.19. The molecule has 0 N–H and O–H groups in total. The molecule has 0 aliphatic carbocycles. The van der Waals surface area contributed by atoms with Crippen LogP contribution in [0.3, 0.4) is 0 Å². The quantitative estimate of drug-likeness (QED) is 0.699. The van der Waals surface area contributed by atoms with Gasteiger partial charge in [-0.05, 0) is 18.2 Å². The molecule has 1 heterocycles. The van der Waals surface area contributed by atoms with E-state index < -0.39 is 0 Å². The first-order chi connectivity index (χ1) is 12.0. The number of benzene rings is 1. The highest BCUT2D eigenvalue weighted by atomic mass is 16.5. The summed E-state index contributed by atoms with van der Waals surface area (Å²) < 4.78 is 5.73. The Hall–Kier alpha value is -3.27. The van der Waals surface area contributed by atoms with Crippen LogP contribution in [-0.4, -0.2) is 25.4 Å². The Morgan fingerprint density at radius 2 is 1.54 bits per heavy atom. The van der Waals surface area contributed by atoms with Gasteiger partial charge in [-0.3, -0.25) is 4.99 Å². The number of rotatable bonds is 0. The molecule has 0 atom stereocenters. The van der Waals surface area contributed by atoms with Crippen LogP contribution in [0.5, 0.6) is 5.75 Å². The van der Waals surface area contributed by atoms with Crippen LogP contribution < -0.4 is 4.74 Å². The van der Waals surface area contributed by atoms with Gasteiger partial charge in [-0.1, -0.05) is 54.7 Å². The molecular weight excluding hydrogens is 298 g/mol. The van der Waals surface area contributed by atoms with Crippen LogP contribution in [0, 0.1) is 0 Å². The second-order valence-electron chi connectivity index (χ2n) is 4.56. The van der Waals surface area contributed by atoms with Crippen LogP contribution in [0.2, 0.25) is 0 Å². The van der Waals surface area contributed by atoms with Crippen molar-refractivity contribution < 1.29 is 4.74 Å². The van der Waals surface area contributed by atoms with Crippen LogP contribution in [-0.2, 0) is 0 Å². The molecule has 2 rings (SSSR count). The Balaban J connectivity index is 2.13. The molecule has 1 aliphatic rings. The van der Waals surface area contributed by atoms with E-state index >= 15 is 0 Å². The predicted octanol–water partition coefficient (Wildman–Crippen LogP) is 4.40. The predicted molar refractivity (Wildman–Crippen MR) is 103 cm³/mol. The van der Waals surface area contributed by atoms with Crippen LogP contribution >= 0.6 is 0 Å². The lowest BCUT2D eigenvalue weighted by Crippen LogP contribution is -1.99. The molecule has 1 aliphatic heterocycles. The molecule has 0 radical (unpaired) electrons. The molecule has 0 aromatic heterocycles. The minimum absolute atomic E-state index is 0.400. The van der Waals surface area contributed by atoms with Gasteiger partial charge >= 0.3 is 0 Å². The summed E-state index contributed by atoms with van der Waals surface area (Å²) in [6.45, 7) is 0.400. The zero-order chi connectivity index (χ0) is 16.7. The maximum Gasteiger partial charge on any atom is 0.127 e. The monoisotopic (exact) mass is 317 g/mol. The van der Waals surface area contributed by atoms with Gasteiger partial charge in [-0.25, -0.2) is 9.98 Å². The van der Waals surface area contributed by atoms with Gasteiger partial charge in [0, 0.05) is 30.4 Å². The summed E-state index contributed by atoms with van der Waals surface area (Å²) >= 11 is 0. The number of hydrogen-bond acceptors (Lipinski definition) is 4. The number of ether oxygens (including phenoxy) is 1. The van der Waals surface area contributed by atoms with E-state index in [9.17, 15) is 0 Å². The fraction of sp³-hybridized carbons (Fsp3) is 0.0500. The summed E-state index contributed by atoms with van der Waals surface area (Å²) in [6.07, 6.45) is 23.4. The second-order valence-corrected chi connectivity index (χ2v) is 4.56.